The standard InChI is InChI=1S/C15H27F3N4O/c1-11-3-4-12(2)22(11)10-14(23)20-9-13(15(16,17)18)21-7-5-19-6-8-21/h11-13,19H,3-10H2,1-2H3,(H,20,23). The van der Waals surface area contributed by atoms with Crippen molar-refractivity contribution < 1.29 is 18.0 Å². The normalized spacial score (nSPS) is 28.7. The van der Waals surface area contributed by atoms with E-state index in [0.29, 0.717) is 38.3 Å². The third-order valence-electron chi connectivity index (χ3n) is 4.92. The van der Waals surface area contributed by atoms with Crippen molar-refractivity contribution in [3.8, 4) is 0 Å². The Balaban J connectivity index is 1.86. The average Bonchev–Trinajstić information content (AvgIpc) is 2.79. The van der Waals surface area contributed by atoms with Crippen LogP contribution < -0.4 is 10.6 Å². The SMILES string of the molecule is CC1CCC(C)N1CC(=O)NCC(N1CCNCC1)C(F)(F)F. The van der Waals surface area contributed by atoms with Crippen molar-refractivity contribution >= 4 is 5.91 Å². The van der Waals surface area contributed by atoms with Crippen LogP contribution in [0.3, 0.4) is 0 Å². The summed E-state index contributed by atoms with van der Waals surface area (Å²) in [6.45, 7) is 5.69. The first-order valence-electron chi connectivity index (χ1n) is 8.33. The highest BCUT2D eigenvalue weighted by Gasteiger charge is 2.44. The van der Waals surface area contributed by atoms with E-state index < -0.39 is 12.2 Å². The Bertz CT molecular complexity index is 389. The second kappa shape index (κ2) is 7.81. The molecule has 0 aromatic carbocycles. The van der Waals surface area contributed by atoms with Crippen LogP contribution in [-0.2, 0) is 4.79 Å². The first-order chi connectivity index (χ1) is 10.8. The second-order valence-corrected chi connectivity index (χ2v) is 6.60. The zero-order valence-electron chi connectivity index (χ0n) is 13.8. The minimum absolute atomic E-state index is 0.175. The van der Waals surface area contributed by atoms with Gasteiger partial charge in [0.15, 0.2) is 0 Å². The number of carbonyl (C=O) groups is 1. The summed E-state index contributed by atoms with van der Waals surface area (Å²) in [4.78, 5) is 15.5. The number of rotatable bonds is 5. The zero-order valence-corrected chi connectivity index (χ0v) is 13.8. The van der Waals surface area contributed by atoms with Crippen molar-refractivity contribution in [3.63, 3.8) is 0 Å². The van der Waals surface area contributed by atoms with E-state index >= 15 is 0 Å². The zero-order chi connectivity index (χ0) is 17.0. The molecule has 0 bridgehead atoms. The van der Waals surface area contributed by atoms with Crippen LogP contribution in [0.2, 0.25) is 0 Å². The van der Waals surface area contributed by atoms with Gasteiger partial charge in [-0.15, -0.1) is 0 Å². The minimum Gasteiger partial charge on any atom is -0.353 e. The van der Waals surface area contributed by atoms with Crippen LogP contribution in [0.15, 0.2) is 0 Å². The van der Waals surface area contributed by atoms with Crippen molar-refractivity contribution in [2.45, 2.75) is 51.0 Å². The van der Waals surface area contributed by atoms with Gasteiger partial charge in [-0.1, -0.05) is 0 Å². The summed E-state index contributed by atoms with van der Waals surface area (Å²) in [7, 11) is 0. The molecule has 0 spiro atoms. The maximum absolute atomic E-state index is 13.3. The molecule has 0 aromatic rings. The minimum atomic E-state index is -4.33. The van der Waals surface area contributed by atoms with Gasteiger partial charge in [0.05, 0.1) is 6.54 Å². The molecule has 23 heavy (non-hydrogen) atoms. The number of alkyl halides is 3. The Labute approximate surface area is 135 Å². The number of hydrogen-bond donors (Lipinski definition) is 2. The first-order valence-corrected chi connectivity index (χ1v) is 8.33. The topological polar surface area (TPSA) is 47.6 Å². The molecule has 2 fully saturated rings. The molecule has 3 atom stereocenters. The van der Waals surface area contributed by atoms with Crippen molar-refractivity contribution in [3.05, 3.63) is 0 Å². The Morgan fingerprint density at radius 3 is 2.30 bits per heavy atom. The molecule has 2 rings (SSSR count). The molecule has 2 heterocycles. The number of likely N-dealkylation sites (tertiary alicyclic amines) is 1. The molecule has 2 saturated heterocycles. The fraction of sp³-hybridized carbons (Fsp3) is 0.933. The molecule has 5 nitrogen and oxygen atoms in total. The summed E-state index contributed by atoms with van der Waals surface area (Å²) in [5.74, 6) is -0.324. The van der Waals surface area contributed by atoms with Gasteiger partial charge in [-0.3, -0.25) is 14.6 Å². The summed E-state index contributed by atoms with van der Waals surface area (Å²) in [5, 5.41) is 5.53. The van der Waals surface area contributed by atoms with Crippen molar-refractivity contribution in [1.82, 2.24) is 20.4 Å². The van der Waals surface area contributed by atoms with Crippen LogP contribution in [-0.4, -0.2) is 79.3 Å². The lowest BCUT2D eigenvalue weighted by Gasteiger charge is -2.36. The number of carbonyl (C=O) groups excluding carboxylic acids is 1. The van der Waals surface area contributed by atoms with Gasteiger partial charge in [-0.25, -0.2) is 0 Å². The molecule has 2 aliphatic heterocycles. The molecule has 0 aromatic heterocycles. The first kappa shape index (κ1) is 18.5. The van der Waals surface area contributed by atoms with Gasteiger partial charge in [-0.05, 0) is 26.7 Å². The quantitative estimate of drug-likeness (QED) is 0.780. The number of nitrogens with zero attached hydrogens (tertiary/aromatic N) is 2. The van der Waals surface area contributed by atoms with Gasteiger partial charge in [-0.2, -0.15) is 13.2 Å². The fourth-order valence-corrected chi connectivity index (χ4v) is 3.44. The van der Waals surface area contributed by atoms with E-state index in [2.05, 4.69) is 29.4 Å². The van der Waals surface area contributed by atoms with E-state index in [4.69, 9.17) is 0 Å². The van der Waals surface area contributed by atoms with E-state index in [1.807, 2.05) is 0 Å². The third kappa shape index (κ3) is 5.06. The fourth-order valence-electron chi connectivity index (χ4n) is 3.44. The predicted molar refractivity (Wildman–Crippen MR) is 82.2 cm³/mol. The monoisotopic (exact) mass is 336 g/mol. The maximum Gasteiger partial charge on any atom is 0.405 e. The lowest BCUT2D eigenvalue weighted by atomic mass is 10.2. The molecule has 8 heteroatoms. The van der Waals surface area contributed by atoms with Gasteiger partial charge in [0.1, 0.15) is 6.04 Å². The summed E-state index contributed by atoms with van der Waals surface area (Å²) < 4.78 is 39.8. The predicted octanol–water partition coefficient (Wildman–Crippen LogP) is 0.812. The number of nitrogens with one attached hydrogen (secondary N) is 2. The van der Waals surface area contributed by atoms with E-state index in [-0.39, 0.29) is 19.0 Å². The highest BCUT2D eigenvalue weighted by atomic mass is 19.4. The van der Waals surface area contributed by atoms with Crippen molar-refractivity contribution in [1.29, 1.82) is 0 Å². The van der Waals surface area contributed by atoms with Crippen LogP contribution in [0, 0.1) is 0 Å². The molecule has 2 aliphatic rings. The van der Waals surface area contributed by atoms with Crippen molar-refractivity contribution in [2.24, 2.45) is 0 Å². The van der Waals surface area contributed by atoms with Crippen LogP contribution in [0.4, 0.5) is 13.2 Å². The highest BCUT2D eigenvalue weighted by Crippen LogP contribution is 2.25. The van der Waals surface area contributed by atoms with Crippen LogP contribution >= 0.6 is 0 Å². The van der Waals surface area contributed by atoms with Crippen LogP contribution in [0.25, 0.3) is 0 Å². The van der Waals surface area contributed by atoms with E-state index in [0.717, 1.165) is 12.8 Å². The summed E-state index contributed by atoms with van der Waals surface area (Å²) in [5.41, 5.74) is 0. The number of halogens is 3. The number of amides is 1. The molecule has 0 radical (unpaired) electrons. The largest absolute Gasteiger partial charge is 0.405 e. The molecule has 3 unspecified atom stereocenters. The maximum atomic E-state index is 13.3. The van der Waals surface area contributed by atoms with Crippen molar-refractivity contribution in [2.75, 3.05) is 39.3 Å². The molecule has 0 saturated carbocycles. The molecule has 2 N–H and O–H groups in total. The average molecular weight is 336 g/mol. The lowest BCUT2D eigenvalue weighted by Crippen LogP contribution is -2.58. The molecule has 0 aliphatic carbocycles. The van der Waals surface area contributed by atoms with E-state index in [1.165, 1.54) is 4.90 Å². The Kier molecular flexibility index (Phi) is 6.27. The second-order valence-electron chi connectivity index (χ2n) is 6.60. The van der Waals surface area contributed by atoms with Crippen LogP contribution in [0.5, 0.6) is 0 Å². The summed E-state index contributed by atoms with van der Waals surface area (Å²) in [6, 6.07) is -0.994. The van der Waals surface area contributed by atoms with E-state index in [9.17, 15) is 18.0 Å². The molecule has 1 amide bonds. The smallest absolute Gasteiger partial charge is 0.353 e. The summed E-state index contributed by atoms with van der Waals surface area (Å²) >= 11 is 0. The van der Waals surface area contributed by atoms with Gasteiger partial charge in [0.2, 0.25) is 5.91 Å². The molecular weight excluding hydrogens is 309 g/mol. The number of piperazine rings is 1. The van der Waals surface area contributed by atoms with Gasteiger partial charge < -0.3 is 10.6 Å². The highest BCUT2D eigenvalue weighted by molar-refractivity contribution is 5.78. The number of hydrogen-bond acceptors (Lipinski definition) is 4. The van der Waals surface area contributed by atoms with Gasteiger partial charge in [0.25, 0.3) is 0 Å². The summed E-state index contributed by atoms with van der Waals surface area (Å²) in [6.07, 6.45) is -2.28. The Morgan fingerprint density at radius 2 is 1.78 bits per heavy atom. The Hall–Kier alpha value is -0.860. The third-order valence-corrected chi connectivity index (χ3v) is 4.92. The van der Waals surface area contributed by atoms with Crippen LogP contribution in [0.1, 0.15) is 26.7 Å². The van der Waals surface area contributed by atoms with Gasteiger partial charge in [0, 0.05) is 44.8 Å². The Morgan fingerprint density at radius 1 is 1.22 bits per heavy atom. The molecular formula is C15H27F3N4O. The van der Waals surface area contributed by atoms with Gasteiger partial charge >= 0.3 is 6.18 Å². The molecule has 134 valence electrons. The van der Waals surface area contributed by atoms with E-state index in [1.54, 1.807) is 0 Å². The lowest BCUT2D eigenvalue weighted by molar-refractivity contribution is -0.184.